The number of carbonyl (C=O) groups is 1. The lowest BCUT2D eigenvalue weighted by atomic mass is 10.2. The number of fused-ring (bicyclic) bond motifs is 1. The molecule has 0 aliphatic carbocycles. The van der Waals surface area contributed by atoms with Crippen molar-refractivity contribution >= 4 is 23.0 Å². The van der Waals surface area contributed by atoms with Crippen LogP contribution in [-0.2, 0) is 4.79 Å². The summed E-state index contributed by atoms with van der Waals surface area (Å²) in [5.74, 6) is 0.357. The first-order valence-corrected chi connectivity index (χ1v) is 6.89. The number of aryl methyl sites for hydroxylation is 1. The number of hydrogen-bond acceptors (Lipinski definition) is 4. The van der Waals surface area contributed by atoms with Gasteiger partial charge in [-0.2, -0.15) is 0 Å². The van der Waals surface area contributed by atoms with Crippen molar-refractivity contribution in [2.75, 3.05) is 18.8 Å². The highest BCUT2D eigenvalue weighted by Gasteiger charge is 2.24. The maximum absolute atomic E-state index is 12.5. The van der Waals surface area contributed by atoms with E-state index in [0.29, 0.717) is 30.2 Å². The lowest BCUT2D eigenvalue weighted by Crippen LogP contribution is -2.36. The molecule has 0 radical (unpaired) electrons. The fourth-order valence-electron chi connectivity index (χ4n) is 2.38. The highest BCUT2D eigenvalue weighted by molar-refractivity contribution is 5.84. The number of likely N-dealkylation sites (N-methyl/N-ethyl adjacent to an activating group) is 1. The van der Waals surface area contributed by atoms with Crippen molar-refractivity contribution in [2.45, 2.75) is 33.7 Å². The predicted octanol–water partition coefficient (Wildman–Crippen LogP) is 1.75. The number of anilines is 1. The van der Waals surface area contributed by atoms with Gasteiger partial charge >= 0.3 is 0 Å². The minimum Gasteiger partial charge on any atom is -0.369 e. The summed E-state index contributed by atoms with van der Waals surface area (Å²) in [5.41, 5.74) is 8.22. The number of nitrogens with two attached hydrogens (primary N) is 1. The molecular weight excluding hydrogens is 254 g/mol. The van der Waals surface area contributed by atoms with Crippen LogP contribution in [0.4, 0.5) is 5.95 Å². The van der Waals surface area contributed by atoms with E-state index in [0.717, 1.165) is 5.69 Å². The standard InChI is InChI=1S/C14H21N5O/c1-5-18(6-2)13(20)10(4)19-12-11(17-14(19)15)8-7-9(3)16-12/h7-8,10H,5-6H2,1-4H3,(H2,15,17). The van der Waals surface area contributed by atoms with Crippen LogP contribution in [0.2, 0.25) is 0 Å². The molecule has 6 heteroatoms. The van der Waals surface area contributed by atoms with Gasteiger partial charge in [0, 0.05) is 18.8 Å². The topological polar surface area (TPSA) is 77.0 Å². The molecule has 0 bridgehead atoms. The Labute approximate surface area is 118 Å². The van der Waals surface area contributed by atoms with E-state index in [1.165, 1.54) is 0 Å². The number of nitrogen functional groups attached to an aromatic ring is 1. The summed E-state index contributed by atoms with van der Waals surface area (Å²) in [6.07, 6.45) is 0. The smallest absolute Gasteiger partial charge is 0.245 e. The Hall–Kier alpha value is -2.11. The number of rotatable bonds is 4. The summed E-state index contributed by atoms with van der Waals surface area (Å²) >= 11 is 0. The zero-order valence-electron chi connectivity index (χ0n) is 12.4. The molecule has 0 aromatic carbocycles. The zero-order valence-corrected chi connectivity index (χ0v) is 12.4. The maximum atomic E-state index is 12.5. The number of amides is 1. The SMILES string of the molecule is CCN(CC)C(=O)C(C)n1c(N)nc2ccc(C)nc21. The number of aromatic nitrogens is 3. The fraction of sp³-hybridized carbons (Fsp3) is 0.500. The zero-order chi connectivity index (χ0) is 14.9. The molecule has 6 nitrogen and oxygen atoms in total. The van der Waals surface area contributed by atoms with Crippen molar-refractivity contribution in [3.63, 3.8) is 0 Å². The van der Waals surface area contributed by atoms with E-state index >= 15 is 0 Å². The summed E-state index contributed by atoms with van der Waals surface area (Å²) in [6.45, 7) is 9.03. The molecule has 20 heavy (non-hydrogen) atoms. The lowest BCUT2D eigenvalue weighted by molar-refractivity contribution is -0.133. The third-order valence-corrected chi connectivity index (χ3v) is 3.52. The van der Waals surface area contributed by atoms with Crippen molar-refractivity contribution in [2.24, 2.45) is 0 Å². The van der Waals surface area contributed by atoms with Crippen LogP contribution < -0.4 is 5.73 Å². The second-order valence-electron chi connectivity index (χ2n) is 4.82. The molecule has 1 atom stereocenters. The van der Waals surface area contributed by atoms with E-state index < -0.39 is 6.04 Å². The van der Waals surface area contributed by atoms with Crippen LogP contribution in [0.1, 0.15) is 32.5 Å². The molecule has 2 aromatic heterocycles. The van der Waals surface area contributed by atoms with Gasteiger partial charge in [-0.3, -0.25) is 9.36 Å². The molecule has 2 heterocycles. The van der Waals surface area contributed by atoms with Gasteiger partial charge in [-0.15, -0.1) is 0 Å². The summed E-state index contributed by atoms with van der Waals surface area (Å²) in [5, 5.41) is 0. The van der Waals surface area contributed by atoms with Crippen LogP contribution in [0, 0.1) is 6.92 Å². The number of carbonyl (C=O) groups excluding carboxylic acids is 1. The normalized spacial score (nSPS) is 12.6. The van der Waals surface area contributed by atoms with Crippen molar-refractivity contribution in [3.05, 3.63) is 17.8 Å². The molecule has 0 saturated heterocycles. The van der Waals surface area contributed by atoms with E-state index in [2.05, 4.69) is 9.97 Å². The van der Waals surface area contributed by atoms with Gasteiger partial charge in [-0.1, -0.05) is 0 Å². The second-order valence-corrected chi connectivity index (χ2v) is 4.82. The minimum atomic E-state index is -0.408. The maximum Gasteiger partial charge on any atom is 0.245 e. The molecule has 0 saturated carbocycles. The average molecular weight is 275 g/mol. The summed E-state index contributed by atoms with van der Waals surface area (Å²) < 4.78 is 1.71. The first-order valence-electron chi connectivity index (χ1n) is 6.89. The van der Waals surface area contributed by atoms with Crippen LogP contribution in [0.25, 0.3) is 11.2 Å². The predicted molar refractivity (Wildman–Crippen MR) is 79.3 cm³/mol. The van der Waals surface area contributed by atoms with Gasteiger partial charge in [0.1, 0.15) is 11.6 Å². The van der Waals surface area contributed by atoms with Crippen LogP contribution in [0.5, 0.6) is 0 Å². The monoisotopic (exact) mass is 275 g/mol. The van der Waals surface area contributed by atoms with Gasteiger partial charge in [-0.05, 0) is 39.8 Å². The highest BCUT2D eigenvalue weighted by atomic mass is 16.2. The van der Waals surface area contributed by atoms with Gasteiger partial charge in [0.15, 0.2) is 5.65 Å². The van der Waals surface area contributed by atoms with Crippen LogP contribution in [0.15, 0.2) is 12.1 Å². The van der Waals surface area contributed by atoms with E-state index in [9.17, 15) is 4.79 Å². The number of imidazole rings is 1. The van der Waals surface area contributed by atoms with Gasteiger partial charge in [-0.25, -0.2) is 9.97 Å². The van der Waals surface area contributed by atoms with Crippen LogP contribution in [0.3, 0.4) is 0 Å². The van der Waals surface area contributed by atoms with E-state index in [1.54, 1.807) is 9.47 Å². The number of pyridine rings is 1. The van der Waals surface area contributed by atoms with Crippen molar-refractivity contribution in [1.82, 2.24) is 19.4 Å². The van der Waals surface area contributed by atoms with Gasteiger partial charge in [0.2, 0.25) is 11.9 Å². The minimum absolute atomic E-state index is 0.0318. The number of nitrogens with zero attached hydrogens (tertiary/aromatic N) is 4. The first kappa shape index (κ1) is 14.3. The molecule has 0 aliphatic heterocycles. The molecule has 1 amide bonds. The molecule has 0 aliphatic rings. The summed E-state index contributed by atoms with van der Waals surface area (Å²) in [4.78, 5) is 23.0. The quantitative estimate of drug-likeness (QED) is 0.922. The molecule has 2 aromatic rings. The Balaban J connectivity index is 2.48. The third kappa shape index (κ3) is 2.33. The largest absolute Gasteiger partial charge is 0.369 e. The Morgan fingerprint density at radius 1 is 1.35 bits per heavy atom. The molecule has 1 unspecified atom stereocenters. The van der Waals surface area contributed by atoms with Crippen molar-refractivity contribution in [3.8, 4) is 0 Å². The summed E-state index contributed by atoms with van der Waals surface area (Å²) in [6, 6.07) is 3.35. The molecule has 0 fully saturated rings. The van der Waals surface area contributed by atoms with Crippen molar-refractivity contribution < 1.29 is 4.79 Å². The van der Waals surface area contributed by atoms with Gasteiger partial charge < -0.3 is 10.6 Å². The van der Waals surface area contributed by atoms with Gasteiger partial charge in [0.25, 0.3) is 0 Å². The van der Waals surface area contributed by atoms with Crippen LogP contribution in [-0.4, -0.2) is 38.4 Å². The molecule has 0 spiro atoms. The molecule has 2 N–H and O–H groups in total. The fourth-order valence-corrected chi connectivity index (χ4v) is 2.38. The molecule has 108 valence electrons. The average Bonchev–Trinajstić information content (AvgIpc) is 2.74. The molecular formula is C14H21N5O. The Morgan fingerprint density at radius 2 is 2.00 bits per heavy atom. The van der Waals surface area contributed by atoms with Crippen LogP contribution >= 0.6 is 0 Å². The lowest BCUT2D eigenvalue weighted by Gasteiger charge is -2.24. The Morgan fingerprint density at radius 3 is 2.60 bits per heavy atom. The Bertz CT molecular complexity index is 630. The summed E-state index contributed by atoms with van der Waals surface area (Å²) in [7, 11) is 0. The van der Waals surface area contributed by atoms with E-state index in [4.69, 9.17) is 5.73 Å². The molecule has 2 rings (SSSR count). The van der Waals surface area contributed by atoms with E-state index in [-0.39, 0.29) is 5.91 Å². The third-order valence-electron chi connectivity index (χ3n) is 3.52. The number of hydrogen-bond donors (Lipinski definition) is 1. The first-order chi connectivity index (χ1) is 9.49. The van der Waals surface area contributed by atoms with Gasteiger partial charge in [0.05, 0.1) is 0 Å². The highest BCUT2D eigenvalue weighted by Crippen LogP contribution is 2.22. The van der Waals surface area contributed by atoms with Crippen molar-refractivity contribution in [1.29, 1.82) is 0 Å². The van der Waals surface area contributed by atoms with E-state index in [1.807, 2.05) is 39.8 Å². The second kappa shape index (κ2) is 5.48. The Kier molecular flexibility index (Phi) is 3.92.